The number of hydrogen-bond acceptors (Lipinski definition) is 2. The highest BCUT2D eigenvalue weighted by Crippen LogP contribution is 2.43. The first-order valence-electron chi connectivity index (χ1n) is 7.18. The number of fused-ring (bicyclic) bond motifs is 3. The molecule has 1 saturated heterocycles. The first kappa shape index (κ1) is 11.5. The molecule has 19 heavy (non-hydrogen) atoms. The Morgan fingerprint density at radius 1 is 1.42 bits per heavy atom. The summed E-state index contributed by atoms with van der Waals surface area (Å²) in [6, 6.07) is 7.18. The van der Waals surface area contributed by atoms with Crippen molar-refractivity contribution in [3.8, 4) is 0 Å². The fourth-order valence-corrected chi connectivity index (χ4v) is 4.13. The largest absolute Gasteiger partial charge is 0.396 e. The van der Waals surface area contributed by atoms with Gasteiger partial charge in [0.1, 0.15) is 0 Å². The molecule has 3 nitrogen and oxygen atoms in total. The number of likely N-dealkylation sites (N-methyl/N-ethyl adjacent to an activating group) is 1. The summed E-state index contributed by atoms with van der Waals surface area (Å²) >= 11 is 0. The molecule has 1 fully saturated rings. The monoisotopic (exact) mass is 256 g/mol. The molecule has 1 aromatic heterocycles. The smallest absolute Gasteiger partial charge is 0.0477 e. The van der Waals surface area contributed by atoms with Gasteiger partial charge in [0.25, 0.3) is 0 Å². The zero-order valence-corrected chi connectivity index (χ0v) is 11.3. The number of rotatable bonds is 1. The Kier molecular flexibility index (Phi) is 2.47. The number of H-pyrrole nitrogens is 1. The summed E-state index contributed by atoms with van der Waals surface area (Å²) in [6.07, 6.45) is 4.48. The van der Waals surface area contributed by atoms with Crippen molar-refractivity contribution >= 4 is 10.9 Å². The predicted molar refractivity (Wildman–Crippen MR) is 76.4 cm³/mol. The highest BCUT2D eigenvalue weighted by atomic mass is 16.3. The van der Waals surface area contributed by atoms with Crippen LogP contribution < -0.4 is 0 Å². The van der Waals surface area contributed by atoms with Crippen molar-refractivity contribution in [1.29, 1.82) is 0 Å². The van der Waals surface area contributed by atoms with Crippen LogP contribution in [0.1, 0.15) is 23.5 Å². The van der Waals surface area contributed by atoms with Gasteiger partial charge in [0.2, 0.25) is 0 Å². The van der Waals surface area contributed by atoms with Gasteiger partial charge in [-0.1, -0.05) is 12.1 Å². The van der Waals surface area contributed by atoms with Crippen molar-refractivity contribution in [3.05, 3.63) is 35.5 Å². The van der Waals surface area contributed by atoms with Crippen molar-refractivity contribution in [1.82, 2.24) is 9.88 Å². The maximum absolute atomic E-state index is 9.73. The molecule has 0 amide bonds. The standard InChI is InChI=1S/C16H20N2O/c1-18-8-11(9-19)14-6-12(18)5-10-7-17-15-4-2-3-13(14)16(10)15/h2-4,7,11-12,14,17,19H,5-6,8-9H2,1H3/t11-,12+,14-/m1/s1. The third-order valence-corrected chi connectivity index (χ3v) is 5.15. The summed E-state index contributed by atoms with van der Waals surface area (Å²) < 4.78 is 0. The maximum atomic E-state index is 9.73. The van der Waals surface area contributed by atoms with Gasteiger partial charge in [-0.3, -0.25) is 0 Å². The zero-order valence-electron chi connectivity index (χ0n) is 11.3. The quantitative estimate of drug-likeness (QED) is 0.820. The van der Waals surface area contributed by atoms with Crippen LogP contribution in [0, 0.1) is 5.92 Å². The number of benzene rings is 1. The number of likely N-dealkylation sites (tertiary alicyclic amines) is 1. The van der Waals surface area contributed by atoms with E-state index in [2.05, 4.69) is 41.3 Å². The number of aliphatic hydroxyl groups is 1. The van der Waals surface area contributed by atoms with E-state index in [1.54, 1.807) is 0 Å². The molecule has 3 heteroatoms. The fourth-order valence-electron chi connectivity index (χ4n) is 4.13. The van der Waals surface area contributed by atoms with E-state index in [0.717, 1.165) is 13.0 Å². The van der Waals surface area contributed by atoms with E-state index in [9.17, 15) is 5.11 Å². The third kappa shape index (κ3) is 1.58. The summed E-state index contributed by atoms with van der Waals surface area (Å²) in [7, 11) is 2.20. The summed E-state index contributed by atoms with van der Waals surface area (Å²) in [4.78, 5) is 5.84. The van der Waals surface area contributed by atoms with E-state index in [1.165, 1.54) is 28.5 Å². The second-order valence-electron chi connectivity index (χ2n) is 6.17. The molecule has 2 N–H and O–H groups in total. The molecule has 0 saturated carbocycles. The van der Waals surface area contributed by atoms with Crippen LogP contribution in [0.2, 0.25) is 0 Å². The van der Waals surface area contributed by atoms with Crippen molar-refractivity contribution in [3.63, 3.8) is 0 Å². The van der Waals surface area contributed by atoms with Crippen LogP contribution >= 0.6 is 0 Å². The van der Waals surface area contributed by atoms with Crippen molar-refractivity contribution in [2.75, 3.05) is 20.2 Å². The Bertz CT molecular complexity index is 618. The van der Waals surface area contributed by atoms with Gasteiger partial charge in [-0.25, -0.2) is 0 Å². The molecular formula is C16H20N2O. The SMILES string of the molecule is CN1C[C@H](CO)[C@H]2C[C@@H]1Cc1c[nH]c3cccc2c13. The normalized spacial score (nSPS) is 30.5. The Labute approximate surface area is 113 Å². The highest BCUT2D eigenvalue weighted by Gasteiger charge is 2.37. The average Bonchev–Trinajstić information content (AvgIpc) is 2.77. The topological polar surface area (TPSA) is 39.3 Å². The molecule has 2 aliphatic rings. The predicted octanol–water partition coefficient (Wildman–Crippen LogP) is 2.12. The summed E-state index contributed by atoms with van der Waals surface area (Å²) in [5, 5.41) is 11.2. The summed E-state index contributed by atoms with van der Waals surface area (Å²) in [5.74, 6) is 0.875. The number of aromatic amines is 1. The molecule has 2 bridgehead atoms. The molecule has 100 valence electrons. The van der Waals surface area contributed by atoms with Gasteiger partial charge in [-0.05, 0) is 43.0 Å². The van der Waals surface area contributed by atoms with Crippen LogP contribution in [0.25, 0.3) is 10.9 Å². The van der Waals surface area contributed by atoms with Crippen LogP contribution in [-0.4, -0.2) is 41.2 Å². The summed E-state index contributed by atoms with van der Waals surface area (Å²) in [6.45, 7) is 1.30. The van der Waals surface area contributed by atoms with Crippen LogP contribution in [0.4, 0.5) is 0 Å². The third-order valence-electron chi connectivity index (χ3n) is 5.15. The number of hydrogen-bond donors (Lipinski definition) is 2. The van der Waals surface area contributed by atoms with Crippen LogP contribution in [0.5, 0.6) is 0 Å². The lowest BCUT2D eigenvalue weighted by molar-refractivity contribution is 0.0793. The Morgan fingerprint density at radius 3 is 3.16 bits per heavy atom. The van der Waals surface area contributed by atoms with Crippen LogP contribution in [0.3, 0.4) is 0 Å². The van der Waals surface area contributed by atoms with Gasteiger partial charge in [0, 0.05) is 42.2 Å². The lowest BCUT2D eigenvalue weighted by atomic mass is 9.78. The zero-order chi connectivity index (χ0) is 13.0. The van der Waals surface area contributed by atoms with Gasteiger partial charge in [0.05, 0.1) is 0 Å². The molecule has 1 aliphatic heterocycles. The van der Waals surface area contributed by atoms with E-state index >= 15 is 0 Å². The molecule has 1 aromatic carbocycles. The van der Waals surface area contributed by atoms with E-state index in [1.807, 2.05) is 0 Å². The number of nitrogens with zero attached hydrogens (tertiary/aromatic N) is 1. The minimum atomic E-state index is 0.290. The molecule has 2 aromatic rings. The van der Waals surface area contributed by atoms with Gasteiger partial charge in [0.15, 0.2) is 0 Å². The minimum absolute atomic E-state index is 0.290. The van der Waals surface area contributed by atoms with E-state index in [0.29, 0.717) is 17.9 Å². The van der Waals surface area contributed by atoms with E-state index < -0.39 is 0 Å². The minimum Gasteiger partial charge on any atom is -0.396 e. The van der Waals surface area contributed by atoms with Crippen LogP contribution in [0.15, 0.2) is 24.4 Å². The molecule has 0 radical (unpaired) electrons. The molecule has 3 atom stereocenters. The van der Waals surface area contributed by atoms with Crippen molar-refractivity contribution in [2.45, 2.75) is 24.8 Å². The van der Waals surface area contributed by atoms with Gasteiger partial charge in [-0.2, -0.15) is 0 Å². The van der Waals surface area contributed by atoms with Crippen molar-refractivity contribution in [2.24, 2.45) is 5.92 Å². The maximum Gasteiger partial charge on any atom is 0.0477 e. The highest BCUT2D eigenvalue weighted by molar-refractivity contribution is 5.87. The second-order valence-corrected chi connectivity index (χ2v) is 6.17. The lowest BCUT2D eigenvalue weighted by Crippen LogP contribution is -2.45. The Hall–Kier alpha value is -1.32. The molecular weight excluding hydrogens is 236 g/mol. The molecule has 4 rings (SSSR count). The number of nitrogens with one attached hydrogen (secondary N) is 1. The molecule has 0 unspecified atom stereocenters. The fraction of sp³-hybridized carbons (Fsp3) is 0.500. The molecule has 0 spiro atoms. The average molecular weight is 256 g/mol. The van der Waals surface area contributed by atoms with E-state index in [4.69, 9.17) is 0 Å². The Balaban J connectivity index is 1.94. The number of aliphatic hydroxyl groups excluding tert-OH is 1. The Morgan fingerprint density at radius 2 is 2.32 bits per heavy atom. The van der Waals surface area contributed by atoms with Crippen molar-refractivity contribution < 1.29 is 5.11 Å². The second kappa shape index (κ2) is 4.09. The van der Waals surface area contributed by atoms with Gasteiger partial charge < -0.3 is 15.0 Å². The van der Waals surface area contributed by atoms with Gasteiger partial charge >= 0.3 is 0 Å². The first-order chi connectivity index (χ1) is 9.28. The summed E-state index contributed by atoms with van der Waals surface area (Å²) in [5.41, 5.74) is 4.14. The van der Waals surface area contributed by atoms with Crippen LogP contribution in [-0.2, 0) is 6.42 Å². The first-order valence-corrected chi connectivity index (χ1v) is 7.18. The number of aromatic nitrogens is 1. The van der Waals surface area contributed by atoms with E-state index in [-0.39, 0.29) is 6.61 Å². The number of piperidine rings is 1. The molecule has 1 aliphatic carbocycles. The van der Waals surface area contributed by atoms with Gasteiger partial charge in [-0.15, -0.1) is 0 Å². The lowest BCUT2D eigenvalue weighted by Gasteiger charge is -2.41. The molecule has 2 heterocycles.